The smallest absolute Gasteiger partial charge is 0.315 e. The molecule has 0 unspecified atom stereocenters. The number of rotatable bonds is 3. The molecule has 1 aliphatic heterocycles. The summed E-state index contributed by atoms with van der Waals surface area (Å²) in [4.78, 5) is 14.9. The fraction of sp³-hybridized carbons (Fsp3) is 0.947. The Hall–Kier alpha value is -0.810. The second-order valence-corrected chi connectivity index (χ2v) is 8.40. The maximum atomic E-state index is 12.3. The Kier molecular flexibility index (Phi) is 6.39. The van der Waals surface area contributed by atoms with Crippen LogP contribution in [0.2, 0.25) is 0 Å². The number of amides is 2. The van der Waals surface area contributed by atoms with E-state index in [0.717, 1.165) is 37.6 Å². The Balaban J connectivity index is 1.36. The summed E-state index contributed by atoms with van der Waals surface area (Å²) in [6.07, 6.45) is 11.8. The van der Waals surface area contributed by atoms with E-state index in [9.17, 15) is 4.79 Å². The van der Waals surface area contributed by atoms with Crippen LogP contribution in [0.1, 0.15) is 71.1 Å². The summed E-state index contributed by atoms with van der Waals surface area (Å²) in [5, 5.41) is 6.30. The number of nitrogens with one attached hydrogen (secondary N) is 2. The summed E-state index contributed by atoms with van der Waals surface area (Å²) in [5.74, 6) is 0.897. The van der Waals surface area contributed by atoms with E-state index in [1.807, 2.05) is 0 Å². The molecule has 1 saturated heterocycles. The third kappa shape index (κ3) is 4.85. The minimum absolute atomic E-state index is 0.00685. The topological polar surface area (TPSA) is 70.4 Å². The van der Waals surface area contributed by atoms with Crippen LogP contribution in [0.3, 0.4) is 0 Å². The first-order chi connectivity index (χ1) is 11.6. The van der Waals surface area contributed by atoms with Crippen molar-refractivity contribution in [1.29, 1.82) is 0 Å². The van der Waals surface area contributed by atoms with E-state index < -0.39 is 0 Å². The second-order valence-electron chi connectivity index (χ2n) is 8.40. The van der Waals surface area contributed by atoms with Crippen LogP contribution in [-0.2, 0) is 0 Å². The van der Waals surface area contributed by atoms with Crippen LogP contribution in [0.4, 0.5) is 4.79 Å². The fourth-order valence-electron chi connectivity index (χ4n) is 4.71. The number of piperidine rings is 1. The molecule has 2 amide bonds. The van der Waals surface area contributed by atoms with Crippen molar-refractivity contribution in [2.45, 2.75) is 95.3 Å². The standard InChI is InChI=1S/C19H36N4O/c1-14-10-12-23(13-11-14)16-8-6-15(7-9-16)21-19(24)22-18-5-3-2-4-17(18)20/h14-18H,2-13,20H2,1H3,(H2,21,22,24)/t15?,16?,17-,18-/m1/s1. The van der Waals surface area contributed by atoms with Gasteiger partial charge in [-0.25, -0.2) is 4.79 Å². The summed E-state index contributed by atoms with van der Waals surface area (Å²) in [5.41, 5.74) is 6.12. The molecule has 2 atom stereocenters. The van der Waals surface area contributed by atoms with E-state index in [4.69, 9.17) is 5.73 Å². The van der Waals surface area contributed by atoms with Gasteiger partial charge in [-0.1, -0.05) is 19.8 Å². The third-order valence-corrected chi connectivity index (χ3v) is 6.50. The number of hydrogen-bond donors (Lipinski definition) is 3. The van der Waals surface area contributed by atoms with Crippen LogP contribution in [0.5, 0.6) is 0 Å². The minimum atomic E-state index is -0.00685. The number of carbonyl (C=O) groups excluding carboxylic acids is 1. The maximum absolute atomic E-state index is 12.3. The SMILES string of the molecule is CC1CCN(C2CCC(NC(=O)N[C@@H]3CCCC[C@H]3N)CC2)CC1. The molecule has 0 aromatic rings. The van der Waals surface area contributed by atoms with Gasteiger partial charge in [-0.2, -0.15) is 0 Å². The van der Waals surface area contributed by atoms with Gasteiger partial charge in [0.25, 0.3) is 0 Å². The third-order valence-electron chi connectivity index (χ3n) is 6.50. The first-order valence-electron chi connectivity index (χ1n) is 10.2. The van der Waals surface area contributed by atoms with E-state index in [1.165, 1.54) is 51.6 Å². The van der Waals surface area contributed by atoms with E-state index in [2.05, 4.69) is 22.5 Å². The number of nitrogens with zero attached hydrogens (tertiary/aromatic N) is 1. The first-order valence-corrected chi connectivity index (χ1v) is 10.2. The zero-order chi connectivity index (χ0) is 16.9. The Morgan fingerprint density at radius 2 is 1.58 bits per heavy atom. The normalized spacial score (nSPS) is 36.2. The van der Waals surface area contributed by atoms with E-state index in [-0.39, 0.29) is 18.1 Å². The van der Waals surface area contributed by atoms with Gasteiger partial charge in [0.2, 0.25) is 0 Å². The molecular weight excluding hydrogens is 300 g/mol. The van der Waals surface area contributed by atoms with Gasteiger partial charge >= 0.3 is 6.03 Å². The largest absolute Gasteiger partial charge is 0.335 e. The Morgan fingerprint density at radius 1 is 0.917 bits per heavy atom. The van der Waals surface area contributed by atoms with E-state index in [0.29, 0.717) is 6.04 Å². The van der Waals surface area contributed by atoms with Crippen LogP contribution in [0.25, 0.3) is 0 Å². The van der Waals surface area contributed by atoms with E-state index in [1.54, 1.807) is 0 Å². The van der Waals surface area contributed by atoms with Crippen molar-refractivity contribution in [3.05, 3.63) is 0 Å². The summed E-state index contributed by atoms with van der Waals surface area (Å²) in [7, 11) is 0. The van der Waals surface area contributed by atoms with Gasteiger partial charge in [-0.3, -0.25) is 0 Å². The molecule has 2 saturated carbocycles. The molecule has 3 fully saturated rings. The lowest BCUT2D eigenvalue weighted by Gasteiger charge is -2.40. The van der Waals surface area contributed by atoms with Gasteiger partial charge in [0.1, 0.15) is 0 Å². The number of carbonyl (C=O) groups is 1. The van der Waals surface area contributed by atoms with Crippen LogP contribution in [-0.4, -0.2) is 48.2 Å². The summed E-state index contributed by atoms with van der Waals surface area (Å²) in [6, 6.07) is 1.36. The van der Waals surface area contributed by atoms with Gasteiger partial charge in [-0.15, -0.1) is 0 Å². The molecule has 0 radical (unpaired) electrons. The minimum Gasteiger partial charge on any atom is -0.335 e. The van der Waals surface area contributed by atoms with E-state index >= 15 is 0 Å². The summed E-state index contributed by atoms with van der Waals surface area (Å²) >= 11 is 0. The molecule has 3 rings (SSSR count). The number of likely N-dealkylation sites (tertiary alicyclic amines) is 1. The Labute approximate surface area is 147 Å². The lowest BCUT2D eigenvalue weighted by molar-refractivity contribution is 0.104. The molecule has 0 bridgehead atoms. The average molecular weight is 337 g/mol. The van der Waals surface area contributed by atoms with Crippen molar-refractivity contribution in [3.8, 4) is 0 Å². The molecule has 0 aromatic heterocycles. The van der Waals surface area contributed by atoms with Gasteiger partial charge in [0, 0.05) is 24.2 Å². The molecule has 0 spiro atoms. The zero-order valence-corrected chi connectivity index (χ0v) is 15.3. The first kappa shape index (κ1) is 18.0. The molecule has 2 aliphatic carbocycles. The quantitative estimate of drug-likeness (QED) is 0.742. The van der Waals surface area contributed by atoms with Crippen molar-refractivity contribution in [2.75, 3.05) is 13.1 Å². The second kappa shape index (κ2) is 8.52. The summed E-state index contributed by atoms with van der Waals surface area (Å²) < 4.78 is 0. The average Bonchev–Trinajstić information content (AvgIpc) is 2.58. The molecule has 24 heavy (non-hydrogen) atoms. The highest BCUT2D eigenvalue weighted by atomic mass is 16.2. The highest BCUT2D eigenvalue weighted by Gasteiger charge is 2.29. The Bertz CT molecular complexity index is 400. The van der Waals surface area contributed by atoms with Crippen molar-refractivity contribution in [1.82, 2.24) is 15.5 Å². The monoisotopic (exact) mass is 336 g/mol. The van der Waals surface area contributed by atoms with Gasteiger partial charge in [0.05, 0.1) is 0 Å². The van der Waals surface area contributed by atoms with Crippen molar-refractivity contribution >= 4 is 6.03 Å². The van der Waals surface area contributed by atoms with Crippen molar-refractivity contribution < 1.29 is 4.79 Å². The van der Waals surface area contributed by atoms with Crippen LogP contribution < -0.4 is 16.4 Å². The predicted molar refractivity (Wildman–Crippen MR) is 97.9 cm³/mol. The highest BCUT2D eigenvalue weighted by Crippen LogP contribution is 2.27. The Morgan fingerprint density at radius 3 is 2.25 bits per heavy atom. The van der Waals surface area contributed by atoms with Gasteiger partial charge < -0.3 is 21.3 Å². The number of urea groups is 1. The molecule has 1 heterocycles. The van der Waals surface area contributed by atoms with Crippen LogP contribution in [0.15, 0.2) is 0 Å². The van der Waals surface area contributed by atoms with Gasteiger partial charge in [-0.05, 0) is 70.4 Å². The molecule has 138 valence electrons. The lowest BCUT2D eigenvalue weighted by atomic mass is 9.88. The van der Waals surface area contributed by atoms with Crippen LogP contribution >= 0.6 is 0 Å². The van der Waals surface area contributed by atoms with Crippen LogP contribution in [0, 0.1) is 5.92 Å². The molecule has 5 nitrogen and oxygen atoms in total. The predicted octanol–water partition coefficient (Wildman–Crippen LogP) is 2.60. The number of nitrogens with two attached hydrogens (primary N) is 1. The lowest BCUT2D eigenvalue weighted by Crippen LogP contribution is -2.54. The summed E-state index contributed by atoms with van der Waals surface area (Å²) in [6.45, 7) is 4.91. The zero-order valence-electron chi connectivity index (χ0n) is 15.3. The van der Waals surface area contributed by atoms with Crippen molar-refractivity contribution in [3.63, 3.8) is 0 Å². The maximum Gasteiger partial charge on any atom is 0.315 e. The molecule has 4 N–H and O–H groups in total. The van der Waals surface area contributed by atoms with Crippen molar-refractivity contribution in [2.24, 2.45) is 11.7 Å². The number of hydrogen-bond acceptors (Lipinski definition) is 3. The molecule has 3 aliphatic rings. The van der Waals surface area contributed by atoms with Gasteiger partial charge in [0.15, 0.2) is 0 Å². The highest BCUT2D eigenvalue weighted by molar-refractivity contribution is 5.74. The molecular formula is C19H36N4O. The molecule has 5 heteroatoms. The fourth-order valence-corrected chi connectivity index (χ4v) is 4.71. The molecule has 0 aromatic carbocycles.